The van der Waals surface area contributed by atoms with Crippen molar-refractivity contribution in [3.05, 3.63) is 41.3 Å². The molecule has 1 aliphatic heterocycles. The van der Waals surface area contributed by atoms with Gasteiger partial charge < -0.3 is 14.5 Å². The summed E-state index contributed by atoms with van der Waals surface area (Å²) in [7, 11) is 0. The van der Waals surface area contributed by atoms with Gasteiger partial charge in [-0.05, 0) is 44.4 Å². The standard InChI is InChI=1S/C21H25N3O2/c1-4-19-22-14(3)20(24-19)17-11-13(2)16-8-5-9-18(21(16)23-17)26-12-15-7-6-10-25-15/h5,8-9,11,15H,4,6-7,10,12H2,1-3H3,(H,22,24). The molecule has 3 aromatic rings. The lowest BCUT2D eigenvalue weighted by Gasteiger charge is -2.14. The first-order valence-corrected chi connectivity index (χ1v) is 9.36. The van der Waals surface area contributed by atoms with Gasteiger partial charge in [0.05, 0.1) is 11.8 Å². The number of aromatic amines is 1. The van der Waals surface area contributed by atoms with Gasteiger partial charge in [-0.25, -0.2) is 9.97 Å². The maximum Gasteiger partial charge on any atom is 0.145 e. The Labute approximate surface area is 153 Å². The van der Waals surface area contributed by atoms with Crippen molar-refractivity contribution in [2.75, 3.05) is 13.2 Å². The van der Waals surface area contributed by atoms with Crippen molar-refractivity contribution in [1.82, 2.24) is 15.0 Å². The van der Waals surface area contributed by atoms with Crippen LogP contribution in [0.25, 0.3) is 22.3 Å². The van der Waals surface area contributed by atoms with Crippen molar-refractivity contribution >= 4 is 10.9 Å². The number of para-hydroxylation sites is 1. The summed E-state index contributed by atoms with van der Waals surface area (Å²) >= 11 is 0. The zero-order valence-electron chi connectivity index (χ0n) is 15.6. The van der Waals surface area contributed by atoms with Crippen molar-refractivity contribution in [1.29, 1.82) is 0 Å². The molecule has 0 aliphatic carbocycles. The summed E-state index contributed by atoms with van der Waals surface area (Å²) in [5, 5.41) is 1.11. The monoisotopic (exact) mass is 351 g/mol. The number of nitrogens with one attached hydrogen (secondary N) is 1. The van der Waals surface area contributed by atoms with Crippen LogP contribution < -0.4 is 4.74 Å². The van der Waals surface area contributed by atoms with Crippen LogP contribution in [-0.4, -0.2) is 34.3 Å². The van der Waals surface area contributed by atoms with Crippen molar-refractivity contribution in [2.24, 2.45) is 0 Å². The predicted octanol–water partition coefficient (Wildman–Crippen LogP) is 4.36. The van der Waals surface area contributed by atoms with Crippen LogP contribution in [0.15, 0.2) is 24.3 Å². The second-order valence-corrected chi connectivity index (χ2v) is 6.93. The molecular formula is C21H25N3O2. The van der Waals surface area contributed by atoms with E-state index in [1.807, 2.05) is 19.1 Å². The zero-order chi connectivity index (χ0) is 18.1. The molecule has 1 N–H and O–H groups in total. The van der Waals surface area contributed by atoms with Crippen LogP contribution in [0.1, 0.15) is 36.8 Å². The predicted molar refractivity (Wildman–Crippen MR) is 103 cm³/mol. The Kier molecular flexibility index (Phi) is 4.64. The fourth-order valence-electron chi connectivity index (χ4n) is 3.53. The van der Waals surface area contributed by atoms with Crippen LogP contribution >= 0.6 is 0 Å². The molecule has 0 amide bonds. The van der Waals surface area contributed by atoms with Gasteiger partial charge in [-0.3, -0.25) is 0 Å². The fraction of sp³-hybridized carbons (Fsp3) is 0.429. The molecule has 1 unspecified atom stereocenters. The summed E-state index contributed by atoms with van der Waals surface area (Å²) in [5.41, 5.74) is 4.91. The summed E-state index contributed by atoms with van der Waals surface area (Å²) in [4.78, 5) is 13.0. The number of benzene rings is 1. The van der Waals surface area contributed by atoms with Crippen molar-refractivity contribution in [3.8, 4) is 17.1 Å². The summed E-state index contributed by atoms with van der Waals surface area (Å²) in [6, 6.07) is 8.21. The SMILES string of the molecule is CCc1nc(-c2cc(C)c3cccc(OCC4CCCO4)c3n2)c(C)[nH]1. The van der Waals surface area contributed by atoms with E-state index in [9.17, 15) is 0 Å². The van der Waals surface area contributed by atoms with Gasteiger partial charge in [0.2, 0.25) is 0 Å². The molecule has 0 saturated carbocycles. The molecule has 1 saturated heterocycles. The van der Waals surface area contributed by atoms with Crippen LogP contribution in [-0.2, 0) is 11.2 Å². The smallest absolute Gasteiger partial charge is 0.145 e. The number of rotatable bonds is 5. The molecule has 0 radical (unpaired) electrons. The number of imidazole rings is 1. The maximum atomic E-state index is 6.09. The fourth-order valence-corrected chi connectivity index (χ4v) is 3.53. The van der Waals surface area contributed by atoms with Crippen molar-refractivity contribution < 1.29 is 9.47 Å². The van der Waals surface area contributed by atoms with Crippen LogP contribution in [0.4, 0.5) is 0 Å². The van der Waals surface area contributed by atoms with Gasteiger partial charge in [-0.1, -0.05) is 19.1 Å². The molecular weight excluding hydrogens is 326 g/mol. The lowest BCUT2D eigenvalue weighted by Crippen LogP contribution is -2.16. The van der Waals surface area contributed by atoms with Crippen LogP contribution in [0.3, 0.4) is 0 Å². The Morgan fingerprint density at radius 2 is 2.15 bits per heavy atom. The molecule has 1 aliphatic rings. The Bertz CT molecular complexity index is 926. The Morgan fingerprint density at radius 1 is 1.27 bits per heavy atom. The minimum atomic E-state index is 0.190. The molecule has 1 aromatic carbocycles. The summed E-state index contributed by atoms with van der Waals surface area (Å²) in [6.07, 6.45) is 3.25. The molecule has 5 nitrogen and oxygen atoms in total. The minimum Gasteiger partial charge on any atom is -0.489 e. The van der Waals surface area contributed by atoms with E-state index in [1.165, 1.54) is 5.56 Å². The third-order valence-electron chi connectivity index (χ3n) is 4.97. The summed E-state index contributed by atoms with van der Waals surface area (Å²) in [5.74, 6) is 1.80. The Hall–Kier alpha value is -2.40. The lowest BCUT2D eigenvalue weighted by atomic mass is 10.1. The first kappa shape index (κ1) is 17.0. The molecule has 0 bridgehead atoms. The normalized spacial score (nSPS) is 17.1. The first-order chi connectivity index (χ1) is 12.7. The number of hydrogen-bond donors (Lipinski definition) is 1. The van der Waals surface area contributed by atoms with Crippen molar-refractivity contribution in [2.45, 2.75) is 46.1 Å². The third-order valence-corrected chi connectivity index (χ3v) is 4.97. The average Bonchev–Trinajstić information content (AvgIpc) is 3.29. The van der Waals surface area contributed by atoms with Gasteiger partial charge in [-0.2, -0.15) is 0 Å². The van der Waals surface area contributed by atoms with E-state index in [4.69, 9.17) is 19.4 Å². The summed E-state index contributed by atoms with van der Waals surface area (Å²) < 4.78 is 11.8. The molecule has 5 heteroatoms. The van der Waals surface area contributed by atoms with E-state index in [0.717, 1.165) is 65.4 Å². The number of aryl methyl sites for hydroxylation is 3. The van der Waals surface area contributed by atoms with E-state index < -0.39 is 0 Å². The van der Waals surface area contributed by atoms with E-state index in [1.54, 1.807) is 0 Å². The van der Waals surface area contributed by atoms with E-state index >= 15 is 0 Å². The molecule has 4 rings (SSSR count). The van der Waals surface area contributed by atoms with Gasteiger partial charge in [0.1, 0.15) is 29.4 Å². The number of fused-ring (bicyclic) bond motifs is 1. The number of ether oxygens (including phenoxy) is 2. The van der Waals surface area contributed by atoms with E-state index in [2.05, 4.69) is 31.0 Å². The number of aromatic nitrogens is 3. The largest absolute Gasteiger partial charge is 0.489 e. The number of nitrogens with zero attached hydrogens (tertiary/aromatic N) is 2. The van der Waals surface area contributed by atoms with Gasteiger partial charge >= 0.3 is 0 Å². The molecule has 0 spiro atoms. The Balaban J connectivity index is 1.73. The second kappa shape index (κ2) is 7.08. The minimum absolute atomic E-state index is 0.190. The zero-order valence-corrected chi connectivity index (χ0v) is 15.6. The number of hydrogen-bond acceptors (Lipinski definition) is 4. The molecule has 3 heterocycles. The van der Waals surface area contributed by atoms with Crippen molar-refractivity contribution in [3.63, 3.8) is 0 Å². The molecule has 2 aromatic heterocycles. The maximum absolute atomic E-state index is 6.09. The van der Waals surface area contributed by atoms with Gasteiger partial charge in [0, 0.05) is 24.1 Å². The van der Waals surface area contributed by atoms with E-state index in [0.29, 0.717) is 6.61 Å². The highest BCUT2D eigenvalue weighted by Crippen LogP contribution is 2.31. The van der Waals surface area contributed by atoms with E-state index in [-0.39, 0.29) is 6.10 Å². The third kappa shape index (κ3) is 3.19. The highest BCUT2D eigenvalue weighted by molar-refractivity contribution is 5.89. The van der Waals surface area contributed by atoms with Gasteiger partial charge in [-0.15, -0.1) is 0 Å². The molecule has 1 fully saturated rings. The summed E-state index contributed by atoms with van der Waals surface area (Å²) in [6.45, 7) is 7.66. The molecule has 136 valence electrons. The van der Waals surface area contributed by atoms with Gasteiger partial charge in [0.25, 0.3) is 0 Å². The second-order valence-electron chi connectivity index (χ2n) is 6.93. The average molecular weight is 351 g/mol. The van der Waals surface area contributed by atoms with Crippen LogP contribution in [0.2, 0.25) is 0 Å². The first-order valence-electron chi connectivity index (χ1n) is 9.36. The highest BCUT2D eigenvalue weighted by atomic mass is 16.5. The number of H-pyrrole nitrogens is 1. The quantitative estimate of drug-likeness (QED) is 0.742. The Morgan fingerprint density at radius 3 is 2.88 bits per heavy atom. The van der Waals surface area contributed by atoms with Gasteiger partial charge in [0.15, 0.2) is 0 Å². The molecule has 1 atom stereocenters. The molecule has 26 heavy (non-hydrogen) atoms. The highest BCUT2D eigenvalue weighted by Gasteiger charge is 2.18. The topological polar surface area (TPSA) is 60.0 Å². The van der Waals surface area contributed by atoms with Crippen LogP contribution in [0, 0.1) is 13.8 Å². The lowest BCUT2D eigenvalue weighted by molar-refractivity contribution is 0.0684. The number of pyridine rings is 1. The van der Waals surface area contributed by atoms with Crippen LogP contribution in [0.5, 0.6) is 5.75 Å².